The fourth-order valence-electron chi connectivity index (χ4n) is 2.78. The molecular formula is C21H22BrN5O2S. The topological polar surface area (TPSA) is 88.9 Å². The lowest BCUT2D eigenvalue weighted by Gasteiger charge is -2.14. The molecule has 0 aliphatic carbocycles. The van der Waals surface area contributed by atoms with Crippen molar-refractivity contribution in [1.82, 2.24) is 14.8 Å². The molecule has 0 saturated heterocycles. The predicted octanol–water partition coefficient (Wildman–Crippen LogP) is 4.71. The second-order valence-electron chi connectivity index (χ2n) is 6.63. The highest BCUT2D eigenvalue weighted by Crippen LogP contribution is 2.28. The van der Waals surface area contributed by atoms with E-state index in [-0.39, 0.29) is 17.1 Å². The Balaban J connectivity index is 1.71. The first-order valence-electron chi connectivity index (χ1n) is 9.38. The molecule has 1 aromatic heterocycles. The van der Waals surface area contributed by atoms with Gasteiger partial charge in [-0.15, -0.1) is 10.2 Å². The molecule has 7 nitrogen and oxygen atoms in total. The molecule has 30 heavy (non-hydrogen) atoms. The largest absolute Gasteiger partial charge is 0.326 e. The fourth-order valence-corrected chi connectivity index (χ4v) is 3.96. The van der Waals surface area contributed by atoms with E-state index in [2.05, 4.69) is 36.8 Å². The van der Waals surface area contributed by atoms with Gasteiger partial charge >= 0.3 is 0 Å². The minimum Gasteiger partial charge on any atom is -0.326 e. The number of anilines is 2. The highest BCUT2D eigenvalue weighted by molar-refractivity contribution is 9.10. The molecule has 0 bridgehead atoms. The van der Waals surface area contributed by atoms with E-state index in [9.17, 15) is 9.59 Å². The van der Waals surface area contributed by atoms with Gasteiger partial charge in [0.2, 0.25) is 11.8 Å². The van der Waals surface area contributed by atoms with Crippen molar-refractivity contribution in [3.63, 3.8) is 0 Å². The summed E-state index contributed by atoms with van der Waals surface area (Å²) >= 11 is 4.77. The van der Waals surface area contributed by atoms with Crippen LogP contribution >= 0.6 is 27.7 Å². The van der Waals surface area contributed by atoms with Crippen LogP contribution in [0.25, 0.3) is 11.4 Å². The van der Waals surface area contributed by atoms with Gasteiger partial charge in [0.25, 0.3) is 0 Å². The maximum absolute atomic E-state index is 12.7. The molecule has 3 rings (SSSR count). The fraction of sp³-hybridized carbons (Fsp3) is 0.238. The highest BCUT2D eigenvalue weighted by atomic mass is 79.9. The summed E-state index contributed by atoms with van der Waals surface area (Å²) in [5, 5.41) is 14.6. The Hall–Kier alpha value is -2.65. The Labute approximate surface area is 187 Å². The third kappa shape index (κ3) is 5.48. The second-order valence-corrected chi connectivity index (χ2v) is 8.72. The Kier molecular flexibility index (Phi) is 7.28. The number of halogens is 1. The van der Waals surface area contributed by atoms with Crippen molar-refractivity contribution in [2.45, 2.75) is 30.7 Å². The number of benzene rings is 2. The summed E-state index contributed by atoms with van der Waals surface area (Å²) in [4.78, 5) is 23.9. The third-order valence-corrected chi connectivity index (χ3v) is 6.25. The number of nitrogens with zero attached hydrogens (tertiary/aromatic N) is 3. The van der Waals surface area contributed by atoms with Crippen molar-refractivity contribution in [1.29, 1.82) is 0 Å². The number of carbonyl (C=O) groups is 2. The smallest absolute Gasteiger partial charge is 0.237 e. The lowest BCUT2D eigenvalue weighted by atomic mass is 10.2. The first kappa shape index (κ1) is 22.0. The van der Waals surface area contributed by atoms with E-state index >= 15 is 0 Å². The minimum absolute atomic E-state index is 0.0750. The molecule has 2 N–H and O–H groups in total. The summed E-state index contributed by atoms with van der Waals surface area (Å²) in [5.41, 5.74) is 2.34. The lowest BCUT2D eigenvalue weighted by Crippen LogP contribution is -2.25. The van der Waals surface area contributed by atoms with Crippen molar-refractivity contribution in [3.8, 4) is 11.4 Å². The Morgan fingerprint density at radius 1 is 1.03 bits per heavy atom. The second kappa shape index (κ2) is 9.90. The summed E-state index contributed by atoms with van der Waals surface area (Å²) < 4.78 is 2.83. The van der Waals surface area contributed by atoms with E-state index in [4.69, 9.17) is 0 Å². The normalized spacial score (nSPS) is 11.7. The molecule has 0 spiro atoms. The van der Waals surface area contributed by atoms with Crippen molar-refractivity contribution in [2.24, 2.45) is 7.05 Å². The quantitative estimate of drug-likeness (QED) is 0.471. The van der Waals surface area contributed by atoms with Gasteiger partial charge in [-0.1, -0.05) is 34.6 Å². The zero-order chi connectivity index (χ0) is 21.7. The predicted molar refractivity (Wildman–Crippen MR) is 123 cm³/mol. The first-order chi connectivity index (χ1) is 14.4. The number of hydrogen-bond acceptors (Lipinski definition) is 5. The summed E-state index contributed by atoms with van der Waals surface area (Å²) in [6.45, 7) is 3.44. The van der Waals surface area contributed by atoms with Gasteiger partial charge in [0.05, 0.1) is 5.25 Å². The number of carbonyl (C=O) groups excluding carboxylic acids is 2. The molecule has 0 fully saturated rings. The number of aromatic nitrogens is 3. The Bertz CT molecular complexity index is 1030. The number of rotatable bonds is 7. The van der Waals surface area contributed by atoms with Crippen molar-refractivity contribution < 1.29 is 9.59 Å². The summed E-state index contributed by atoms with van der Waals surface area (Å²) in [6.07, 6.45) is 0.653. The maximum Gasteiger partial charge on any atom is 0.237 e. The summed E-state index contributed by atoms with van der Waals surface area (Å²) in [7, 11) is 1.87. The van der Waals surface area contributed by atoms with Crippen LogP contribution in [-0.2, 0) is 16.6 Å². The van der Waals surface area contributed by atoms with Gasteiger partial charge in [-0.05, 0) is 55.0 Å². The van der Waals surface area contributed by atoms with Gasteiger partial charge in [-0.3, -0.25) is 9.59 Å². The van der Waals surface area contributed by atoms with Crippen LogP contribution in [0.2, 0.25) is 0 Å². The van der Waals surface area contributed by atoms with Crippen molar-refractivity contribution in [2.75, 3.05) is 10.6 Å². The average Bonchev–Trinajstić information content (AvgIpc) is 3.08. The van der Waals surface area contributed by atoms with E-state index < -0.39 is 0 Å². The van der Waals surface area contributed by atoms with Crippen LogP contribution in [0.5, 0.6) is 0 Å². The standard InChI is InChI=1S/C21H22BrN5O2S/c1-4-18(20(29)24-17-11-7-15(22)8-12-17)30-21-26-25-19(27(21)3)14-5-9-16(10-6-14)23-13(2)28/h5-12,18H,4H2,1-3H3,(H,23,28)(H,24,29)/t18-/m0/s1. The molecule has 156 valence electrons. The van der Waals surface area contributed by atoms with Gasteiger partial charge in [-0.25, -0.2) is 0 Å². The summed E-state index contributed by atoms with van der Waals surface area (Å²) in [5.74, 6) is 0.496. The molecule has 0 unspecified atom stereocenters. The van der Waals surface area contributed by atoms with Gasteiger partial charge < -0.3 is 15.2 Å². The molecule has 2 amide bonds. The molecule has 0 saturated carbocycles. The zero-order valence-corrected chi connectivity index (χ0v) is 19.3. The lowest BCUT2D eigenvalue weighted by molar-refractivity contribution is -0.116. The van der Waals surface area contributed by atoms with Gasteiger partial charge in [-0.2, -0.15) is 0 Å². The molecule has 1 atom stereocenters. The van der Waals surface area contributed by atoms with Gasteiger partial charge in [0.1, 0.15) is 0 Å². The highest BCUT2D eigenvalue weighted by Gasteiger charge is 2.22. The van der Waals surface area contributed by atoms with Crippen LogP contribution in [-0.4, -0.2) is 31.8 Å². The molecular weight excluding hydrogens is 466 g/mol. The number of amides is 2. The Morgan fingerprint density at radius 3 is 2.23 bits per heavy atom. The van der Waals surface area contributed by atoms with E-state index in [1.807, 2.05) is 67.1 Å². The zero-order valence-electron chi connectivity index (χ0n) is 16.8. The molecule has 9 heteroatoms. The molecule has 0 radical (unpaired) electrons. The van der Waals surface area contributed by atoms with Crippen LogP contribution < -0.4 is 10.6 Å². The molecule has 0 aliphatic rings. The van der Waals surface area contributed by atoms with E-state index in [0.29, 0.717) is 17.4 Å². The molecule has 3 aromatic rings. The molecule has 2 aromatic carbocycles. The Morgan fingerprint density at radius 2 is 1.63 bits per heavy atom. The first-order valence-corrected chi connectivity index (χ1v) is 11.0. The van der Waals surface area contributed by atoms with Crippen LogP contribution in [0, 0.1) is 0 Å². The monoisotopic (exact) mass is 487 g/mol. The number of nitrogens with one attached hydrogen (secondary N) is 2. The average molecular weight is 488 g/mol. The maximum atomic E-state index is 12.7. The number of thioether (sulfide) groups is 1. The SMILES string of the molecule is CC[C@H](Sc1nnc(-c2ccc(NC(C)=O)cc2)n1C)C(=O)Nc1ccc(Br)cc1. The third-order valence-electron chi connectivity index (χ3n) is 4.32. The molecule has 1 heterocycles. The summed E-state index contributed by atoms with van der Waals surface area (Å²) in [6, 6.07) is 14.9. The van der Waals surface area contributed by atoms with Crippen LogP contribution in [0.4, 0.5) is 11.4 Å². The van der Waals surface area contributed by atoms with Crippen LogP contribution in [0.15, 0.2) is 58.2 Å². The minimum atomic E-state index is -0.300. The van der Waals surface area contributed by atoms with E-state index in [0.717, 1.165) is 21.4 Å². The van der Waals surface area contributed by atoms with Gasteiger partial charge in [0, 0.05) is 35.4 Å². The van der Waals surface area contributed by atoms with Crippen LogP contribution in [0.3, 0.4) is 0 Å². The molecule has 0 aliphatic heterocycles. The van der Waals surface area contributed by atoms with Crippen LogP contribution in [0.1, 0.15) is 20.3 Å². The van der Waals surface area contributed by atoms with Crippen molar-refractivity contribution in [3.05, 3.63) is 53.0 Å². The number of hydrogen-bond donors (Lipinski definition) is 2. The van der Waals surface area contributed by atoms with Crippen molar-refractivity contribution >= 4 is 50.9 Å². The van der Waals surface area contributed by atoms with E-state index in [1.54, 1.807) is 0 Å². The van der Waals surface area contributed by atoms with Gasteiger partial charge in [0.15, 0.2) is 11.0 Å². The van der Waals surface area contributed by atoms with E-state index in [1.165, 1.54) is 18.7 Å².